The molecule has 0 spiro atoms. The molecule has 1 saturated heterocycles. The summed E-state index contributed by atoms with van der Waals surface area (Å²) in [6.45, 7) is 2.04. The second-order valence-corrected chi connectivity index (χ2v) is 6.92. The number of benzene rings is 2. The minimum atomic E-state index is -0.252. The van der Waals surface area contributed by atoms with Crippen LogP contribution >= 0.6 is 23.2 Å². The van der Waals surface area contributed by atoms with Gasteiger partial charge in [0.2, 0.25) is 5.91 Å². The summed E-state index contributed by atoms with van der Waals surface area (Å²) >= 11 is 11.8. The van der Waals surface area contributed by atoms with E-state index in [-0.39, 0.29) is 18.4 Å². The molecular formula is C19H19Cl2N3O3. The second-order valence-electron chi connectivity index (χ2n) is 6.08. The van der Waals surface area contributed by atoms with Crippen molar-refractivity contribution in [3.63, 3.8) is 0 Å². The minimum absolute atomic E-state index is 0.0263. The molecule has 0 aliphatic carbocycles. The van der Waals surface area contributed by atoms with E-state index in [4.69, 9.17) is 27.9 Å². The Morgan fingerprint density at radius 1 is 1.19 bits per heavy atom. The van der Waals surface area contributed by atoms with Crippen LogP contribution in [0.3, 0.4) is 0 Å². The standard InChI is InChI=1S/C19H19Cl2N3O3/c20-14-3-6-17(16(21)9-14)27-12-19(26)23-10-13-1-4-15(5-2-13)24-8-7-22-18(25)11-24/h1-6,9H,7-8,10-12H2,(H,22,25)(H,23,26). The molecule has 0 saturated carbocycles. The first kappa shape index (κ1) is 19.3. The molecule has 0 unspecified atom stereocenters. The summed E-state index contributed by atoms with van der Waals surface area (Å²) in [6, 6.07) is 12.6. The molecule has 2 N–H and O–H groups in total. The second kappa shape index (κ2) is 8.97. The molecule has 1 heterocycles. The Hall–Kier alpha value is -2.44. The molecule has 142 valence electrons. The third-order valence-corrected chi connectivity index (χ3v) is 4.61. The number of anilines is 1. The summed E-state index contributed by atoms with van der Waals surface area (Å²) in [5.41, 5.74) is 1.94. The van der Waals surface area contributed by atoms with Crippen molar-refractivity contribution in [2.24, 2.45) is 0 Å². The van der Waals surface area contributed by atoms with Crippen LogP contribution in [0.25, 0.3) is 0 Å². The van der Waals surface area contributed by atoms with Crippen LogP contribution < -0.4 is 20.3 Å². The highest BCUT2D eigenvalue weighted by atomic mass is 35.5. The van der Waals surface area contributed by atoms with Crippen molar-refractivity contribution in [3.8, 4) is 5.75 Å². The maximum absolute atomic E-state index is 12.0. The Kier molecular flexibility index (Phi) is 6.42. The predicted molar refractivity (Wildman–Crippen MR) is 105 cm³/mol. The van der Waals surface area contributed by atoms with E-state index in [1.807, 2.05) is 29.2 Å². The van der Waals surface area contributed by atoms with Crippen molar-refractivity contribution < 1.29 is 14.3 Å². The van der Waals surface area contributed by atoms with Crippen LogP contribution in [-0.2, 0) is 16.1 Å². The van der Waals surface area contributed by atoms with Gasteiger partial charge in [-0.1, -0.05) is 35.3 Å². The van der Waals surface area contributed by atoms with E-state index in [2.05, 4.69) is 10.6 Å². The molecule has 2 aromatic carbocycles. The van der Waals surface area contributed by atoms with Crippen molar-refractivity contribution in [1.82, 2.24) is 10.6 Å². The van der Waals surface area contributed by atoms with E-state index in [1.54, 1.807) is 18.2 Å². The highest BCUT2D eigenvalue weighted by molar-refractivity contribution is 6.35. The molecule has 0 atom stereocenters. The van der Waals surface area contributed by atoms with Gasteiger partial charge in [-0.25, -0.2) is 0 Å². The first-order valence-corrected chi connectivity index (χ1v) is 9.22. The first-order chi connectivity index (χ1) is 13.0. The molecular weight excluding hydrogens is 389 g/mol. The van der Waals surface area contributed by atoms with Crippen LogP contribution in [0.1, 0.15) is 5.56 Å². The van der Waals surface area contributed by atoms with Gasteiger partial charge in [0.1, 0.15) is 5.75 Å². The van der Waals surface area contributed by atoms with Gasteiger partial charge in [-0.2, -0.15) is 0 Å². The average Bonchev–Trinajstić information content (AvgIpc) is 2.66. The SMILES string of the molecule is O=C(COc1ccc(Cl)cc1Cl)NCc1ccc(N2CCNC(=O)C2)cc1. The highest BCUT2D eigenvalue weighted by Gasteiger charge is 2.16. The maximum Gasteiger partial charge on any atom is 0.258 e. The summed E-state index contributed by atoms with van der Waals surface area (Å²) < 4.78 is 5.40. The number of nitrogens with one attached hydrogen (secondary N) is 2. The quantitative estimate of drug-likeness (QED) is 0.771. The zero-order valence-corrected chi connectivity index (χ0v) is 16.0. The number of rotatable bonds is 6. The van der Waals surface area contributed by atoms with Gasteiger partial charge < -0.3 is 20.3 Å². The van der Waals surface area contributed by atoms with Crippen LogP contribution in [-0.4, -0.2) is 38.1 Å². The number of ether oxygens (including phenoxy) is 1. The topological polar surface area (TPSA) is 70.7 Å². The molecule has 6 nitrogen and oxygen atoms in total. The smallest absolute Gasteiger partial charge is 0.258 e. The van der Waals surface area contributed by atoms with Crippen LogP contribution in [0.2, 0.25) is 10.0 Å². The lowest BCUT2D eigenvalue weighted by molar-refractivity contribution is -0.123. The lowest BCUT2D eigenvalue weighted by atomic mass is 10.2. The molecule has 1 aliphatic heterocycles. The van der Waals surface area contributed by atoms with E-state index in [9.17, 15) is 9.59 Å². The Morgan fingerprint density at radius 3 is 2.67 bits per heavy atom. The summed E-state index contributed by atoms with van der Waals surface area (Å²) in [4.78, 5) is 25.4. The fourth-order valence-corrected chi connectivity index (χ4v) is 3.13. The number of carbonyl (C=O) groups is 2. The van der Waals surface area contributed by atoms with Crippen molar-refractivity contribution in [2.45, 2.75) is 6.54 Å². The molecule has 27 heavy (non-hydrogen) atoms. The van der Waals surface area contributed by atoms with Gasteiger partial charge in [0.25, 0.3) is 5.91 Å². The molecule has 1 aliphatic rings. The van der Waals surface area contributed by atoms with Gasteiger partial charge >= 0.3 is 0 Å². The molecule has 3 rings (SSSR count). The lowest BCUT2D eigenvalue weighted by Gasteiger charge is -2.28. The fraction of sp³-hybridized carbons (Fsp3) is 0.263. The average molecular weight is 408 g/mol. The van der Waals surface area contributed by atoms with Gasteiger partial charge in [-0.3, -0.25) is 9.59 Å². The van der Waals surface area contributed by atoms with Crippen molar-refractivity contribution in [2.75, 3.05) is 31.1 Å². The Bertz CT molecular complexity index is 827. The van der Waals surface area contributed by atoms with Crippen LogP contribution in [0, 0.1) is 0 Å². The van der Waals surface area contributed by atoms with Crippen LogP contribution in [0.5, 0.6) is 5.75 Å². The van der Waals surface area contributed by atoms with E-state index in [0.29, 0.717) is 35.4 Å². The fourth-order valence-electron chi connectivity index (χ4n) is 2.67. The Labute approximate surface area is 167 Å². The first-order valence-electron chi connectivity index (χ1n) is 8.46. The van der Waals surface area contributed by atoms with E-state index < -0.39 is 0 Å². The molecule has 2 aromatic rings. The van der Waals surface area contributed by atoms with Crippen LogP contribution in [0.4, 0.5) is 5.69 Å². The van der Waals surface area contributed by atoms with E-state index >= 15 is 0 Å². The summed E-state index contributed by atoms with van der Waals surface area (Å²) in [5, 5.41) is 6.46. The Morgan fingerprint density at radius 2 is 1.96 bits per heavy atom. The molecule has 0 aromatic heterocycles. The molecule has 0 radical (unpaired) electrons. The van der Waals surface area contributed by atoms with E-state index in [0.717, 1.165) is 17.8 Å². The van der Waals surface area contributed by atoms with Gasteiger partial charge in [0, 0.05) is 30.3 Å². The number of halogens is 2. The van der Waals surface area contributed by atoms with Crippen molar-refractivity contribution >= 4 is 40.7 Å². The summed E-state index contributed by atoms with van der Waals surface area (Å²) in [5.74, 6) is 0.183. The van der Waals surface area contributed by atoms with Gasteiger partial charge in [0.05, 0.1) is 11.6 Å². The summed E-state index contributed by atoms with van der Waals surface area (Å²) in [6.07, 6.45) is 0. The third-order valence-electron chi connectivity index (χ3n) is 4.08. The van der Waals surface area contributed by atoms with Crippen molar-refractivity contribution in [3.05, 3.63) is 58.1 Å². The normalized spacial score (nSPS) is 13.9. The number of amides is 2. The highest BCUT2D eigenvalue weighted by Crippen LogP contribution is 2.27. The number of carbonyl (C=O) groups excluding carboxylic acids is 2. The molecule has 8 heteroatoms. The minimum Gasteiger partial charge on any atom is -0.482 e. The third kappa shape index (κ3) is 5.52. The van der Waals surface area contributed by atoms with Gasteiger partial charge in [-0.15, -0.1) is 0 Å². The van der Waals surface area contributed by atoms with Gasteiger partial charge in [-0.05, 0) is 35.9 Å². The lowest BCUT2D eigenvalue weighted by Crippen LogP contribution is -2.47. The zero-order valence-electron chi connectivity index (χ0n) is 14.5. The monoisotopic (exact) mass is 407 g/mol. The van der Waals surface area contributed by atoms with Crippen LogP contribution in [0.15, 0.2) is 42.5 Å². The molecule has 1 fully saturated rings. The van der Waals surface area contributed by atoms with E-state index in [1.165, 1.54) is 0 Å². The number of hydrogen-bond donors (Lipinski definition) is 2. The Balaban J connectivity index is 1.46. The predicted octanol–water partition coefficient (Wildman–Crippen LogP) is 2.62. The molecule has 0 bridgehead atoms. The molecule has 2 amide bonds. The number of nitrogens with zero attached hydrogens (tertiary/aromatic N) is 1. The maximum atomic E-state index is 12.0. The number of hydrogen-bond acceptors (Lipinski definition) is 4. The van der Waals surface area contributed by atoms with Gasteiger partial charge in [0.15, 0.2) is 6.61 Å². The largest absolute Gasteiger partial charge is 0.482 e. The van der Waals surface area contributed by atoms with Crippen molar-refractivity contribution in [1.29, 1.82) is 0 Å². The summed E-state index contributed by atoms with van der Waals surface area (Å²) in [7, 11) is 0. The zero-order chi connectivity index (χ0) is 19.2. The number of piperazine rings is 1.